The summed E-state index contributed by atoms with van der Waals surface area (Å²) in [6, 6.07) is 13.8. The van der Waals surface area contributed by atoms with Crippen LogP contribution in [0.15, 0.2) is 47.6 Å². The van der Waals surface area contributed by atoms with E-state index in [0.29, 0.717) is 21.7 Å². The number of hydrogen-bond acceptors (Lipinski definition) is 2. The molecule has 1 aromatic heterocycles. The van der Waals surface area contributed by atoms with Crippen LogP contribution < -0.4 is 10.7 Å². The minimum Gasteiger partial charge on any atom is -0.362 e. The van der Waals surface area contributed by atoms with E-state index in [1.807, 2.05) is 31.2 Å². The van der Waals surface area contributed by atoms with Gasteiger partial charge in [0.2, 0.25) is 0 Å². The number of halogens is 2. The molecule has 0 atom stereocenters. The third-order valence-electron chi connectivity index (χ3n) is 4.32. The second-order valence-corrected chi connectivity index (χ2v) is 7.32. The molecule has 2 N–H and O–H groups in total. The van der Waals surface area contributed by atoms with Crippen molar-refractivity contribution in [2.24, 2.45) is 5.10 Å². The average molecular weight is 419 g/mol. The Labute approximate surface area is 174 Å². The van der Waals surface area contributed by atoms with Crippen LogP contribution in [0.25, 0.3) is 10.9 Å². The fourth-order valence-corrected chi connectivity index (χ4v) is 3.67. The Morgan fingerprint density at radius 3 is 2.74 bits per heavy atom. The Balaban J connectivity index is 1.98. The first-order valence-electron chi connectivity index (χ1n) is 8.60. The van der Waals surface area contributed by atoms with Gasteiger partial charge in [0.05, 0.1) is 6.21 Å². The van der Waals surface area contributed by atoms with E-state index in [9.17, 15) is 0 Å². The monoisotopic (exact) mass is 418 g/mol. The molecule has 0 saturated heterocycles. The molecule has 3 aromatic rings. The smallest absolute Gasteiger partial charge is 0.186 e. The van der Waals surface area contributed by atoms with Gasteiger partial charge >= 0.3 is 0 Å². The summed E-state index contributed by atoms with van der Waals surface area (Å²) in [7, 11) is 0. The summed E-state index contributed by atoms with van der Waals surface area (Å²) >= 11 is 17.6. The van der Waals surface area contributed by atoms with Crippen LogP contribution in [0.2, 0.25) is 10.0 Å². The van der Waals surface area contributed by atoms with Crippen LogP contribution in [0.3, 0.4) is 0 Å². The molecule has 0 fully saturated rings. The van der Waals surface area contributed by atoms with E-state index in [-0.39, 0.29) is 0 Å². The number of para-hydroxylation sites is 1. The Bertz CT molecular complexity index is 1010. The summed E-state index contributed by atoms with van der Waals surface area (Å²) in [5.41, 5.74) is 7.12. The van der Waals surface area contributed by atoms with Gasteiger partial charge in [-0.15, -0.1) is 0 Å². The van der Waals surface area contributed by atoms with E-state index in [1.165, 1.54) is 0 Å². The Hall–Kier alpha value is -2.08. The van der Waals surface area contributed by atoms with Gasteiger partial charge < -0.3 is 9.88 Å². The second kappa shape index (κ2) is 8.74. The van der Waals surface area contributed by atoms with Gasteiger partial charge in [-0.1, -0.05) is 47.5 Å². The first kappa shape index (κ1) is 19.7. The standard InChI is InChI=1S/C20H20Cl2N4S/c1-3-23-20(27)25-24-11-17-13(2)26(19-7-5-4-6-16(17)19)12-14-8-9-15(21)10-18(14)22/h4-11H,3,12H2,1-2H3,(H2,23,25,27)/b24-11-. The maximum absolute atomic E-state index is 6.38. The average Bonchev–Trinajstić information content (AvgIpc) is 2.90. The molecule has 1 heterocycles. The summed E-state index contributed by atoms with van der Waals surface area (Å²) < 4.78 is 2.23. The van der Waals surface area contributed by atoms with E-state index in [1.54, 1.807) is 12.3 Å². The Morgan fingerprint density at radius 1 is 1.22 bits per heavy atom. The maximum Gasteiger partial charge on any atom is 0.186 e. The number of benzene rings is 2. The third kappa shape index (κ3) is 4.43. The highest BCUT2D eigenvalue weighted by Crippen LogP contribution is 2.28. The molecule has 0 radical (unpaired) electrons. The van der Waals surface area contributed by atoms with Crippen LogP contribution in [0.1, 0.15) is 23.7 Å². The maximum atomic E-state index is 6.38. The minimum absolute atomic E-state index is 0.503. The number of nitrogens with one attached hydrogen (secondary N) is 2. The Kier molecular flexibility index (Phi) is 6.37. The molecule has 0 aliphatic heterocycles. The van der Waals surface area contributed by atoms with E-state index in [2.05, 4.69) is 39.5 Å². The van der Waals surface area contributed by atoms with E-state index < -0.39 is 0 Å². The van der Waals surface area contributed by atoms with Crippen molar-refractivity contribution in [1.29, 1.82) is 0 Å². The molecule has 0 unspecified atom stereocenters. The van der Waals surface area contributed by atoms with Crippen LogP contribution >= 0.6 is 35.4 Å². The topological polar surface area (TPSA) is 41.4 Å². The molecule has 3 rings (SSSR count). The zero-order chi connectivity index (χ0) is 19.4. The zero-order valence-electron chi connectivity index (χ0n) is 15.1. The number of nitrogens with zero attached hydrogens (tertiary/aromatic N) is 2. The first-order valence-corrected chi connectivity index (χ1v) is 9.76. The molecule has 140 valence electrons. The van der Waals surface area contributed by atoms with Crippen LogP contribution in [0.5, 0.6) is 0 Å². The summed E-state index contributed by atoms with van der Waals surface area (Å²) in [6.45, 7) is 5.46. The lowest BCUT2D eigenvalue weighted by Crippen LogP contribution is -2.31. The molecule has 0 amide bonds. The number of hydrazone groups is 1. The van der Waals surface area contributed by atoms with Crippen LogP contribution in [-0.2, 0) is 6.54 Å². The molecule has 4 nitrogen and oxygen atoms in total. The highest BCUT2D eigenvalue weighted by atomic mass is 35.5. The van der Waals surface area contributed by atoms with Gasteiger partial charge in [0.25, 0.3) is 0 Å². The minimum atomic E-state index is 0.503. The van der Waals surface area contributed by atoms with Gasteiger partial charge in [-0.3, -0.25) is 5.43 Å². The van der Waals surface area contributed by atoms with E-state index in [4.69, 9.17) is 35.4 Å². The van der Waals surface area contributed by atoms with Crippen molar-refractivity contribution in [1.82, 2.24) is 15.3 Å². The van der Waals surface area contributed by atoms with Crippen molar-refractivity contribution in [3.05, 3.63) is 69.3 Å². The van der Waals surface area contributed by atoms with Gasteiger partial charge in [0.15, 0.2) is 5.11 Å². The van der Waals surface area contributed by atoms with Gasteiger partial charge in [-0.25, -0.2) is 0 Å². The highest BCUT2D eigenvalue weighted by molar-refractivity contribution is 7.80. The first-order chi connectivity index (χ1) is 13.0. The lowest BCUT2D eigenvalue weighted by Gasteiger charge is -2.10. The molecule has 0 aliphatic rings. The third-order valence-corrected chi connectivity index (χ3v) is 5.14. The number of thiocarbonyl (C=S) groups is 1. The number of hydrogen-bond donors (Lipinski definition) is 2. The fraction of sp³-hybridized carbons (Fsp3) is 0.200. The summed E-state index contributed by atoms with van der Waals surface area (Å²) in [6.07, 6.45) is 1.81. The normalized spacial score (nSPS) is 11.3. The van der Waals surface area contributed by atoms with Crippen LogP contribution in [0.4, 0.5) is 0 Å². The molecule has 2 aromatic carbocycles. The second-order valence-electron chi connectivity index (χ2n) is 6.07. The van der Waals surface area contributed by atoms with Crippen molar-refractivity contribution in [2.75, 3.05) is 6.54 Å². The molecule has 0 aliphatic carbocycles. The number of aromatic nitrogens is 1. The van der Waals surface area contributed by atoms with Gasteiger partial charge in [-0.05, 0) is 49.8 Å². The van der Waals surface area contributed by atoms with Crippen molar-refractivity contribution in [3.63, 3.8) is 0 Å². The van der Waals surface area contributed by atoms with E-state index in [0.717, 1.165) is 34.3 Å². The van der Waals surface area contributed by atoms with Crippen LogP contribution in [-0.4, -0.2) is 22.4 Å². The predicted molar refractivity (Wildman–Crippen MR) is 119 cm³/mol. The molecule has 27 heavy (non-hydrogen) atoms. The van der Waals surface area contributed by atoms with Crippen molar-refractivity contribution >= 4 is 57.6 Å². The van der Waals surface area contributed by atoms with Crippen molar-refractivity contribution < 1.29 is 0 Å². The van der Waals surface area contributed by atoms with E-state index >= 15 is 0 Å². The molecule has 0 bridgehead atoms. The lowest BCUT2D eigenvalue weighted by atomic mass is 10.1. The Morgan fingerprint density at radius 2 is 2.00 bits per heavy atom. The largest absolute Gasteiger partial charge is 0.362 e. The molecule has 0 spiro atoms. The van der Waals surface area contributed by atoms with Crippen molar-refractivity contribution in [3.8, 4) is 0 Å². The SMILES string of the molecule is CCNC(=S)N/N=C\c1c(C)n(Cc2ccc(Cl)cc2Cl)c2ccccc12. The highest BCUT2D eigenvalue weighted by Gasteiger charge is 2.14. The number of rotatable bonds is 5. The van der Waals surface area contributed by atoms with Crippen LogP contribution in [0, 0.1) is 6.92 Å². The quantitative estimate of drug-likeness (QED) is 0.343. The summed E-state index contributed by atoms with van der Waals surface area (Å²) in [5, 5.41) is 10.2. The van der Waals surface area contributed by atoms with Gasteiger partial charge in [0.1, 0.15) is 0 Å². The summed E-state index contributed by atoms with van der Waals surface area (Å²) in [5.74, 6) is 0. The molecule has 0 saturated carbocycles. The zero-order valence-corrected chi connectivity index (χ0v) is 17.4. The number of fused-ring (bicyclic) bond motifs is 1. The molecular weight excluding hydrogens is 399 g/mol. The van der Waals surface area contributed by atoms with Gasteiger partial charge in [0, 0.05) is 45.3 Å². The lowest BCUT2D eigenvalue weighted by molar-refractivity contribution is 0.804. The fourth-order valence-electron chi connectivity index (χ4n) is 3.00. The molecule has 7 heteroatoms. The predicted octanol–water partition coefficient (Wildman–Crippen LogP) is 5.12. The van der Waals surface area contributed by atoms with Gasteiger partial charge in [-0.2, -0.15) is 5.10 Å². The van der Waals surface area contributed by atoms with Crippen molar-refractivity contribution in [2.45, 2.75) is 20.4 Å². The summed E-state index contributed by atoms with van der Waals surface area (Å²) in [4.78, 5) is 0. The molecular formula is C20H20Cl2N4S.